The van der Waals surface area contributed by atoms with Crippen molar-refractivity contribution in [1.29, 1.82) is 5.26 Å². The Morgan fingerprint density at radius 3 is 2.56 bits per heavy atom. The van der Waals surface area contributed by atoms with Gasteiger partial charge in [-0.05, 0) is 15.9 Å². The van der Waals surface area contributed by atoms with E-state index in [1.165, 1.54) is 4.80 Å². The second-order valence-corrected chi connectivity index (χ2v) is 2.19. The van der Waals surface area contributed by atoms with Gasteiger partial charge in [0.05, 0.1) is 0 Å². The zero-order valence-corrected chi connectivity index (χ0v) is 6.25. The number of aryl methyl sites for hydroxylation is 1. The topological polar surface area (TPSA) is 54.5 Å². The zero-order valence-electron chi connectivity index (χ0n) is 4.67. The van der Waals surface area contributed by atoms with Gasteiger partial charge < -0.3 is 0 Å². The Balaban J connectivity index is 3.20. The number of nitrogens with zero attached hydrogens (tertiary/aromatic N) is 4. The Morgan fingerprint density at radius 2 is 2.33 bits per heavy atom. The van der Waals surface area contributed by atoms with Crippen LogP contribution in [0.2, 0.25) is 0 Å². The van der Waals surface area contributed by atoms with E-state index in [9.17, 15) is 0 Å². The summed E-state index contributed by atoms with van der Waals surface area (Å²) in [5.41, 5.74) is 0.317. The predicted molar refractivity (Wildman–Crippen MR) is 33.4 cm³/mol. The van der Waals surface area contributed by atoms with Gasteiger partial charge in [0, 0.05) is 7.05 Å². The lowest BCUT2D eigenvalue weighted by Gasteiger charge is -1.76. The van der Waals surface area contributed by atoms with Crippen molar-refractivity contribution < 1.29 is 0 Å². The smallest absolute Gasteiger partial charge is 0.191 e. The van der Waals surface area contributed by atoms with Crippen molar-refractivity contribution in [2.75, 3.05) is 0 Å². The summed E-state index contributed by atoms with van der Waals surface area (Å²) in [4.78, 5) is 1.34. The van der Waals surface area contributed by atoms with Gasteiger partial charge in [0.15, 0.2) is 10.3 Å². The summed E-state index contributed by atoms with van der Waals surface area (Å²) in [6.45, 7) is 0. The van der Waals surface area contributed by atoms with E-state index in [2.05, 4.69) is 26.1 Å². The first-order valence-corrected chi connectivity index (χ1v) is 3.00. The van der Waals surface area contributed by atoms with Gasteiger partial charge in [-0.15, -0.1) is 10.2 Å². The van der Waals surface area contributed by atoms with Crippen LogP contribution in [0.5, 0.6) is 0 Å². The van der Waals surface area contributed by atoms with E-state index in [4.69, 9.17) is 5.26 Å². The average Bonchev–Trinajstić information content (AvgIpc) is 2.10. The van der Waals surface area contributed by atoms with Crippen LogP contribution in [0.4, 0.5) is 0 Å². The third kappa shape index (κ3) is 1.08. The molecule has 5 heteroatoms. The molecule has 0 aliphatic heterocycles. The van der Waals surface area contributed by atoms with Crippen LogP contribution < -0.4 is 0 Å². The fourth-order valence-corrected chi connectivity index (χ4v) is 0.849. The molecule has 0 saturated carbocycles. The van der Waals surface area contributed by atoms with Crippen LogP contribution in [-0.4, -0.2) is 15.0 Å². The summed E-state index contributed by atoms with van der Waals surface area (Å²) in [5.74, 6) is 0. The van der Waals surface area contributed by atoms with Gasteiger partial charge in [0.2, 0.25) is 0 Å². The molecule has 1 aromatic heterocycles. The molecule has 0 radical (unpaired) electrons. The molecule has 0 atom stereocenters. The van der Waals surface area contributed by atoms with Gasteiger partial charge in [-0.25, -0.2) is 0 Å². The maximum atomic E-state index is 8.34. The summed E-state index contributed by atoms with van der Waals surface area (Å²) in [5, 5.41) is 15.8. The largest absolute Gasteiger partial charge is 0.197 e. The van der Waals surface area contributed by atoms with Crippen molar-refractivity contribution in [3.05, 3.63) is 10.3 Å². The molecule has 0 unspecified atom stereocenters. The molecule has 1 heterocycles. The zero-order chi connectivity index (χ0) is 6.85. The number of aromatic nitrogens is 3. The first kappa shape index (κ1) is 6.23. The quantitative estimate of drug-likeness (QED) is 0.592. The minimum absolute atomic E-state index is 0.317. The van der Waals surface area contributed by atoms with E-state index in [0.29, 0.717) is 10.3 Å². The molecule has 0 N–H and O–H groups in total. The highest BCUT2D eigenvalue weighted by atomic mass is 79.9. The van der Waals surface area contributed by atoms with Crippen LogP contribution in [-0.2, 0) is 7.05 Å². The van der Waals surface area contributed by atoms with E-state index in [1.54, 1.807) is 7.05 Å². The van der Waals surface area contributed by atoms with Crippen LogP contribution in [0.1, 0.15) is 5.69 Å². The molecular weight excluding hydrogens is 184 g/mol. The molecule has 0 bridgehead atoms. The highest BCUT2D eigenvalue weighted by molar-refractivity contribution is 9.10. The van der Waals surface area contributed by atoms with Crippen LogP contribution in [0.15, 0.2) is 4.60 Å². The molecule has 0 aromatic carbocycles. The molecule has 0 saturated heterocycles. The van der Waals surface area contributed by atoms with Crippen molar-refractivity contribution in [3.8, 4) is 6.07 Å². The van der Waals surface area contributed by atoms with E-state index in [1.807, 2.05) is 6.07 Å². The van der Waals surface area contributed by atoms with Crippen molar-refractivity contribution >= 4 is 15.9 Å². The minimum Gasteiger partial charge on any atom is -0.191 e. The lowest BCUT2D eigenvalue weighted by molar-refractivity contribution is 0.649. The lowest BCUT2D eigenvalue weighted by atomic mass is 10.6. The van der Waals surface area contributed by atoms with E-state index in [0.717, 1.165) is 0 Å². The summed E-state index contributed by atoms with van der Waals surface area (Å²) >= 11 is 3.06. The SMILES string of the molecule is Cn1nc(Br)c(C#N)n1. The van der Waals surface area contributed by atoms with E-state index in [-0.39, 0.29) is 0 Å². The number of hydrogen-bond donors (Lipinski definition) is 0. The average molecular weight is 187 g/mol. The standard InChI is InChI=1S/C4H3BrN4/c1-9-7-3(2-6)4(5)8-9/h1H3. The van der Waals surface area contributed by atoms with Crippen LogP contribution in [0.25, 0.3) is 0 Å². The molecule has 0 fully saturated rings. The molecule has 0 spiro atoms. The van der Waals surface area contributed by atoms with Crippen LogP contribution in [0, 0.1) is 11.3 Å². The molecule has 1 rings (SSSR count). The Kier molecular flexibility index (Phi) is 1.49. The molecule has 0 aliphatic carbocycles. The molecule has 4 nitrogen and oxygen atoms in total. The monoisotopic (exact) mass is 186 g/mol. The highest BCUT2D eigenvalue weighted by Crippen LogP contribution is 2.07. The summed E-state index contributed by atoms with van der Waals surface area (Å²) in [6.07, 6.45) is 0. The normalized spacial score (nSPS) is 9.00. The molecule has 1 aromatic rings. The second kappa shape index (κ2) is 2.15. The number of nitriles is 1. The van der Waals surface area contributed by atoms with Crippen molar-refractivity contribution in [3.63, 3.8) is 0 Å². The fourth-order valence-electron chi connectivity index (χ4n) is 0.451. The first-order chi connectivity index (χ1) is 4.24. The first-order valence-electron chi connectivity index (χ1n) is 2.21. The Bertz CT molecular complexity index is 258. The number of hydrogen-bond acceptors (Lipinski definition) is 3. The van der Waals surface area contributed by atoms with Crippen LogP contribution in [0.3, 0.4) is 0 Å². The minimum atomic E-state index is 0.317. The maximum Gasteiger partial charge on any atom is 0.197 e. The molecule has 0 aliphatic rings. The van der Waals surface area contributed by atoms with E-state index >= 15 is 0 Å². The summed E-state index contributed by atoms with van der Waals surface area (Å²) < 4.78 is 0.493. The molecule has 0 amide bonds. The maximum absolute atomic E-state index is 8.34. The van der Waals surface area contributed by atoms with Gasteiger partial charge in [0.25, 0.3) is 0 Å². The van der Waals surface area contributed by atoms with Crippen LogP contribution >= 0.6 is 15.9 Å². The number of halogens is 1. The van der Waals surface area contributed by atoms with E-state index < -0.39 is 0 Å². The number of rotatable bonds is 0. The van der Waals surface area contributed by atoms with Gasteiger partial charge in [-0.2, -0.15) is 10.1 Å². The molecule has 9 heavy (non-hydrogen) atoms. The second-order valence-electron chi connectivity index (χ2n) is 1.44. The Morgan fingerprint density at radius 1 is 1.67 bits per heavy atom. The predicted octanol–water partition coefficient (Wildman–Crippen LogP) is 0.449. The summed E-state index contributed by atoms with van der Waals surface area (Å²) in [7, 11) is 1.66. The summed E-state index contributed by atoms with van der Waals surface area (Å²) in [6, 6.07) is 1.87. The molecular formula is C4H3BrN4. The van der Waals surface area contributed by atoms with Gasteiger partial charge >= 0.3 is 0 Å². The van der Waals surface area contributed by atoms with Crippen molar-refractivity contribution in [2.24, 2.45) is 7.05 Å². The Labute approximate surface area is 60.2 Å². The fraction of sp³-hybridized carbons (Fsp3) is 0.250. The third-order valence-electron chi connectivity index (χ3n) is 0.779. The van der Waals surface area contributed by atoms with Gasteiger partial charge in [0.1, 0.15) is 6.07 Å². The highest BCUT2D eigenvalue weighted by Gasteiger charge is 2.02. The third-order valence-corrected chi connectivity index (χ3v) is 1.31. The van der Waals surface area contributed by atoms with Crippen molar-refractivity contribution in [2.45, 2.75) is 0 Å². The lowest BCUT2D eigenvalue weighted by Crippen LogP contribution is -1.91. The van der Waals surface area contributed by atoms with Crippen molar-refractivity contribution in [1.82, 2.24) is 15.0 Å². The Hall–Kier alpha value is -0.890. The molecule has 46 valence electrons. The van der Waals surface area contributed by atoms with Gasteiger partial charge in [-0.1, -0.05) is 0 Å². The van der Waals surface area contributed by atoms with Gasteiger partial charge in [-0.3, -0.25) is 0 Å².